The van der Waals surface area contributed by atoms with Gasteiger partial charge in [-0.1, -0.05) is 30.3 Å². The maximum absolute atomic E-state index is 5.80. The van der Waals surface area contributed by atoms with Gasteiger partial charge in [0, 0.05) is 55.6 Å². The smallest absolute Gasteiger partial charge is 0.162 e. The molecule has 0 spiro atoms. The average molecular weight is 365 g/mol. The van der Waals surface area contributed by atoms with E-state index in [-0.39, 0.29) is 0 Å². The second-order valence-electron chi connectivity index (χ2n) is 7.59. The van der Waals surface area contributed by atoms with Crippen LogP contribution in [0.5, 0.6) is 0 Å². The Hall–Kier alpha value is -2.28. The Bertz CT molecular complexity index is 877. The first-order chi connectivity index (χ1) is 13.2. The zero-order valence-electron chi connectivity index (χ0n) is 16.1. The maximum Gasteiger partial charge on any atom is 0.162 e. The molecule has 0 N–H and O–H groups in total. The molecule has 0 aliphatic carbocycles. The van der Waals surface area contributed by atoms with Crippen molar-refractivity contribution in [3.05, 3.63) is 54.5 Å². The summed E-state index contributed by atoms with van der Waals surface area (Å²) in [5.74, 6) is 0.536. The summed E-state index contributed by atoms with van der Waals surface area (Å²) in [4.78, 5) is 9.41. The molecule has 6 nitrogen and oxygen atoms in total. The summed E-state index contributed by atoms with van der Waals surface area (Å²) in [7, 11) is 4.24. The molecule has 3 aromatic rings. The van der Waals surface area contributed by atoms with E-state index in [9.17, 15) is 0 Å². The number of ether oxygens (including phenoxy) is 1. The van der Waals surface area contributed by atoms with E-state index in [1.807, 2.05) is 35.1 Å². The third-order valence-electron chi connectivity index (χ3n) is 4.95. The van der Waals surface area contributed by atoms with Crippen LogP contribution in [0, 0.1) is 5.92 Å². The molecule has 0 amide bonds. The van der Waals surface area contributed by atoms with E-state index in [1.54, 1.807) is 0 Å². The van der Waals surface area contributed by atoms with Crippen molar-refractivity contribution in [3.63, 3.8) is 0 Å². The van der Waals surface area contributed by atoms with Crippen LogP contribution in [-0.2, 0) is 11.3 Å². The van der Waals surface area contributed by atoms with Crippen LogP contribution < -0.4 is 0 Å². The van der Waals surface area contributed by atoms with Crippen LogP contribution in [0.25, 0.3) is 16.8 Å². The standard InChI is InChI=1S/C21H27N5O/c1-24(2)12-18-14-25(8-9-27-16-18)13-17-10-22-21-20(11-23-26(21)15-17)19-6-4-3-5-7-19/h3-7,10-11,15,18H,8-9,12-14,16H2,1-2H3/t18-/m1/s1. The van der Waals surface area contributed by atoms with Crippen molar-refractivity contribution in [1.29, 1.82) is 0 Å². The summed E-state index contributed by atoms with van der Waals surface area (Å²) in [5, 5.41) is 4.53. The highest BCUT2D eigenvalue weighted by atomic mass is 16.5. The van der Waals surface area contributed by atoms with Gasteiger partial charge in [-0.05, 0) is 19.7 Å². The summed E-state index contributed by atoms with van der Waals surface area (Å²) < 4.78 is 7.69. The molecule has 0 unspecified atom stereocenters. The van der Waals surface area contributed by atoms with Crippen molar-refractivity contribution in [3.8, 4) is 11.1 Å². The van der Waals surface area contributed by atoms with E-state index in [4.69, 9.17) is 9.72 Å². The monoisotopic (exact) mass is 365 g/mol. The molecule has 1 saturated heterocycles. The van der Waals surface area contributed by atoms with Crippen molar-refractivity contribution >= 4 is 5.65 Å². The van der Waals surface area contributed by atoms with Gasteiger partial charge in [0.2, 0.25) is 0 Å². The number of fused-ring (bicyclic) bond motifs is 1. The predicted molar refractivity (Wildman–Crippen MR) is 107 cm³/mol. The Kier molecular flexibility index (Phi) is 5.48. The molecular formula is C21H27N5O. The lowest BCUT2D eigenvalue weighted by Crippen LogP contribution is -2.34. The lowest BCUT2D eigenvalue weighted by atomic mass is 10.1. The fourth-order valence-corrected chi connectivity index (χ4v) is 3.80. The molecule has 0 saturated carbocycles. The van der Waals surface area contributed by atoms with E-state index < -0.39 is 0 Å². The van der Waals surface area contributed by atoms with E-state index in [2.05, 4.69) is 47.3 Å². The molecule has 1 atom stereocenters. The molecule has 1 aromatic carbocycles. The van der Waals surface area contributed by atoms with Crippen LogP contribution in [0.4, 0.5) is 0 Å². The molecule has 1 aliphatic heterocycles. The number of hydrogen-bond acceptors (Lipinski definition) is 5. The number of aromatic nitrogens is 3. The molecule has 0 radical (unpaired) electrons. The predicted octanol–water partition coefficient (Wildman–Crippen LogP) is 2.41. The molecule has 0 bridgehead atoms. The first-order valence-electron chi connectivity index (χ1n) is 9.51. The summed E-state index contributed by atoms with van der Waals surface area (Å²) in [6.07, 6.45) is 5.98. The van der Waals surface area contributed by atoms with Gasteiger partial charge < -0.3 is 9.64 Å². The largest absolute Gasteiger partial charge is 0.380 e. The van der Waals surface area contributed by atoms with Gasteiger partial charge in [-0.15, -0.1) is 0 Å². The van der Waals surface area contributed by atoms with Gasteiger partial charge >= 0.3 is 0 Å². The highest BCUT2D eigenvalue weighted by molar-refractivity contribution is 5.76. The lowest BCUT2D eigenvalue weighted by molar-refractivity contribution is 0.112. The van der Waals surface area contributed by atoms with Crippen LogP contribution in [0.1, 0.15) is 5.56 Å². The first-order valence-corrected chi connectivity index (χ1v) is 9.51. The first kappa shape index (κ1) is 18.1. The Morgan fingerprint density at radius 1 is 1.19 bits per heavy atom. The molecule has 3 heterocycles. The molecule has 1 fully saturated rings. The van der Waals surface area contributed by atoms with Crippen molar-refractivity contribution in [2.75, 3.05) is 46.9 Å². The van der Waals surface area contributed by atoms with Crippen LogP contribution in [-0.4, -0.2) is 71.3 Å². The molecule has 142 valence electrons. The van der Waals surface area contributed by atoms with E-state index in [0.29, 0.717) is 5.92 Å². The Labute approximate surface area is 160 Å². The summed E-state index contributed by atoms with van der Waals surface area (Å²) >= 11 is 0. The second kappa shape index (κ2) is 8.17. The Morgan fingerprint density at radius 2 is 2.04 bits per heavy atom. The zero-order chi connectivity index (χ0) is 18.6. The van der Waals surface area contributed by atoms with Gasteiger partial charge in [-0.3, -0.25) is 4.90 Å². The number of hydrogen-bond donors (Lipinski definition) is 0. The van der Waals surface area contributed by atoms with Crippen molar-refractivity contribution in [1.82, 2.24) is 24.4 Å². The summed E-state index contributed by atoms with van der Waals surface area (Å²) in [6, 6.07) is 10.3. The summed E-state index contributed by atoms with van der Waals surface area (Å²) in [5.41, 5.74) is 4.28. The van der Waals surface area contributed by atoms with Gasteiger partial charge in [0.1, 0.15) is 0 Å². The minimum Gasteiger partial charge on any atom is -0.380 e. The average Bonchev–Trinajstić information content (AvgIpc) is 2.96. The quantitative estimate of drug-likeness (QED) is 0.695. The second-order valence-corrected chi connectivity index (χ2v) is 7.59. The normalized spacial score (nSPS) is 18.9. The molecule has 6 heteroatoms. The Morgan fingerprint density at radius 3 is 2.85 bits per heavy atom. The SMILES string of the molecule is CN(C)C[C@H]1COCCN(Cc2cnc3c(-c4ccccc4)cnn3c2)C1. The van der Waals surface area contributed by atoms with Crippen LogP contribution in [0.3, 0.4) is 0 Å². The van der Waals surface area contributed by atoms with Crippen LogP contribution >= 0.6 is 0 Å². The lowest BCUT2D eigenvalue weighted by Gasteiger charge is -2.25. The van der Waals surface area contributed by atoms with Gasteiger partial charge in [-0.25, -0.2) is 9.50 Å². The van der Waals surface area contributed by atoms with Gasteiger partial charge in [0.05, 0.1) is 19.4 Å². The molecule has 1 aliphatic rings. The van der Waals surface area contributed by atoms with Crippen molar-refractivity contribution < 1.29 is 4.74 Å². The minimum atomic E-state index is 0.536. The van der Waals surface area contributed by atoms with Gasteiger partial charge in [-0.2, -0.15) is 5.10 Å². The van der Waals surface area contributed by atoms with Gasteiger partial charge in [0.25, 0.3) is 0 Å². The van der Waals surface area contributed by atoms with E-state index >= 15 is 0 Å². The van der Waals surface area contributed by atoms with E-state index in [1.165, 1.54) is 5.56 Å². The van der Waals surface area contributed by atoms with Gasteiger partial charge in [0.15, 0.2) is 5.65 Å². The van der Waals surface area contributed by atoms with Crippen molar-refractivity contribution in [2.45, 2.75) is 6.54 Å². The van der Waals surface area contributed by atoms with Crippen LogP contribution in [0.15, 0.2) is 48.9 Å². The molecule has 2 aromatic heterocycles. The summed E-state index contributed by atoms with van der Waals surface area (Å²) in [6.45, 7) is 5.55. The Balaban J connectivity index is 1.51. The fourth-order valence-electron chi connectivity index (χ4n) is 3.80. The third-order valence-corrected chi connectivity index (χ3v) is 4.95. The number of nitrogens with zero attached hydrogens (tertiary/aromatic N) is 5. The van der Waals surface area contributed by atoms with E-state index in [0.717, 1.165) is 56.2 Å². The zero-order valence-corrected chi connectivity index (χ0v) is 16.1. The minimum absolute atomic E-state index is 0.536. The number of rotatable bonds is 5. The fraction of sp³-hybridized carbons (Fsp3) is 0.429. The van der Waals surface area contributed by atoms with Crippen LogP contribution in [0.2, 0.25) is 0 Å². The third kappa shape index (κ3) is 4.35. The highest BCUT2D eigenvalue weighted by Gasteiger charge is 2.20. The number of benzene rings is 1. The highest BCUT2D eigenvalue weighted by Crippen LogP contribution is 2.23. The molecule has 4 rings (SSSR count). The van der Waals surface area contributed by atoms with Crippen molar-refractivity contribution in [2.24, 2.45) is 5.92 Å². The molecular weight excluding hydrogens is 338 g/mol. The molecule has 27 heavy (non-hydrogen) atoms. The topological polar surface area (TPSA) is 45.9 Å². The maximum atomic E-state index is 5.80.